The van der Waals surface area contributed by atoms with Crippen LogP contribution in [0.2, 0.25) is 0 Å². The van der Waals surface area contributed by atoms with Crippen LogP contribution in [0.3, 0.4) is 0 Å². The van der Waals surface area contributed by atoms with Crippen LogP contribution in [0.4, 0.5) is 10.1 Å². The number of aromatic nitrogens is 2. The van der Waals surface area contributed by atoms with Crippen LogP contribution >= 0.6 is 0 Å². The van der Waals surface area contributed by atoms with Gasteiger partial charge < -0.3 is 9.88 Å². The first kappa shape index (κ1) is 12.3. The highest BCUT2D eigenvalue weighted by Gasteiger charge is 2.10. The number of hydrogen-bond acceptors (Lipinski definition) is 2. The van der Waals surface area contributed by atoms with E-state index >= 15 is 0 Å². The van der Waals surface area contributed by atoms with Gasteiger partial charge in [0, 0.05) is 12.7 Å². The number of amides is 1. The third-order valence-corrected chi connectivity index (χ3v) is 2.51. The monoisotopic (exact) mass is 247 g/mol. The standard InChI is InChI=1S/C13H14FN3O/c1-2-7-17-8-3-4-11(17)13(18)16-10-5-6-12(14)15-9-10/h3-6,8-9H,2,7H2,1H3,(H,16,18). The highest BCUT2D eigenvalue weighted by molar-refractivity contribution is 6.03. The lowest BCUT2D eigenvalue weighted by Crippen LogP contribution is -2.16. The molecule has 0 unspecified atom stereocenters. The number of rotatable bonds is 4. The number of pyridine rings is 1. The van der Waals surface area contributed by atoms with E-state index in [9.17, 15) is 9.18 Å². The molecule has 18 heavy (non-hydrogen) atoms. The van der Waals surface area contributed by atoms with Crippen molar-refractivity contribution in [3.63, 3.8) is 0 Å². The molecule has 0 aliphatic heterocycles. The quantitative estimate of drug-likeness (QED) is 0.844. The van der Waals surface area contributed by atoms with Crippen LogP contribution in [0, 0.1) is 5.95 Å². The average molecular weight is 247 g/mol. The minimum Gasteiger partial charge on any atom is -0.344 e. The highest BCUT2D eigenvalue weighted by atomic mass is 19.1. The number of halogens is 1. The topological polar surface area (TPSA) is 46.9 Å². The zero-order valence-corrected chi connectivity index (χ0v) is 10.1. The first-order chi connectivity index (χ1) is 8.70. The maximum Gasteiger partial charge on any atom is 0.272 e. The van der Waals surface area contributed by atoms with E-state index in [-0.39, 0.29) is 5.91 Å². The van der Waals surface area contributed by atoms with Gasteiger partial charge in [0.15, 0.2) is 0 Å². The molecule has 2 aromatic heterocycles. The molecule has 2 aromatic rings. The number of anilines is 1. The average Bonchev–Trinajstić information content (AvgIpc) is 2.81. The van der Waals surface area contributed by atoms with Gasteiger partial charge >= 0.3 is 0 Å². The number of carbonyl (C=O) groups is 1. The molecular formula is C13H14FN3O. The molecule has 0 fully saturated rings. The molecule has 4 nitrogen and oxygen atoms in total. The minimum absolute atomic E-state index is 0.221. The zero-order valence-electron chi connectivity index (χ0n) is 10.1. The summed E-state index contributed by atoms with van der Waals surface area (Å²) in [4.78, 5) is 15.5. The maximum absolute atomic E-state index is 12.6. The predicted octanol–water partition coefficient (Wildman–Crippen LogP) is 2.68. The summed E-state index contributed by atoms with van der Waals surface area (Å²) in [6, 6.07) is 6.27. The Morgan fingerprint density at radius 1 is 1.44 bits per heavy atom. The van der Waals surface area contributed by atoms with Crippen LogP contribution < -0.4 is 5.32 Å². The Labute approximate surface area is 104 Å². The van der Waals surface area contributed by atoms with Crippen molar-refractivity contribution in [3.8, 4) is 0 Å². The molecular weight excluding hydrogens is 233 g/mol. The predicted molar refractivity (Wildman–Crippen MR) is 66.9 cm³/mol. The van der Waals surface area contributed by atoms with Gasteiger partial charge in [0.05, 0.1) is 11.9 Å². The van der Waals surface area contributed by atoms with Crippen molar-refractivity contribution >= 4 is 11.6 Å². The number of hydrogen-bond donors (Lipinski definition) is 1. The molecule has 0 aliphatic rings. The van der Waals surface area contributed by atoms with Gasteiger partial charge in [-0.15, -0.1) is 0 Å². The summed E-state index contributed by atoms with van der Waals surface area (Å²) in [6.07, 6.45) is 4.11. The molecule has 0 spiro atoms. The Morgan fingerprint density at radius 2 is 2.28 bits per heavy atom. The smallest absolute Gasteiger partial charge is 0.272 e. The molecule has 0 saturated heterocycles. The summed E-state index contributed by atoms with van der Waals surface area (Å²) in [5, 5.41) is 2.68. The van der Waals surface area contributed by atoms with Gasteiger partial charge in [-0.3, -0.25) is 4.79 Å². The van der Waals surface area contributed by atoms with Gasteiger partial charge in [0.25, 0.3) is 5.91 Å². The molecule has 0 aliphatic carbocycles. The Morgan fingerprint density at radius 3 is 2.94 bits per heavy atom. The van der Waals surface area contributed by atoms with E-state index in [4.69, 9.17) is 0 Å². The summed E-state index contributed by atoms with van der Waals surface area (Å²) < 4.78 is 14.5. The van der Waals surface area contributed by atoms with E-state index in [0.717, 1.165) is 13.0 Å². The Hall–Kier alpha value is -2.17. The normalized spacial score (nSPS) is 10.3. The Balaban J connectivity index is 2.11. The fourth-order valence-electron chi connectivity index (χ4n) is 1.70. The van der Waals surface area contributed by atoms with Crippen LogP contribution in [-0.2, 0) is 6.54 Å². The van der Waals surface area contributed by atoms with Crippen LogP contribution in [0.1, 0.15) is 23.8 Å². The van der Waals surface area contributed by atoms with Gasteiger partial charge in [-0.1, -0.05) is 6.92 Å². The number of nitrogens with one attached hydrogen (secondary N) is 1. The summed E-state index contributed by atoms with van der Waals surface area (Å²) in [7, 11) is 0. The van der Waals surface area contributed by atoms with Crippen LogP contribution in [0.5, 0.6) is 0 Å². The summed E-state index contributed by atoms with van der Waals surface area (Å²) in [5.74, 6) is -0.788. The van der Waals surface area contributed by atoms with E-state index < -0.39 is 5.95 Å². The van der Waals surface area contributed by atoms with Gasteiger partial charge in [-0.25, -0.2) is 4.98 Å². The van der Waals surface area contributed by atoms with Crippen molar-refractivity contribution < 1.29 is 9.18 Å². The summed E-state index contributed by atoms with van der Waals surface area (Å²) >= 11 is 0. The minimum atomic E-state index is -0.567. The second-order valence-corrected chi connectivity index (χ2v) is 3.91. The van der Waals surface area contributed by atoms with E-state index in [1.807, 2.05) is 23.8 Å². The first-order valence-corrected chi connectivity index (χ1v) is 5.78. The molecule has 0 bridgehead atoms. The van der Waals surface area contributed by atoms with Crippen molar-refractivity contribution in [2.45, 2.75) is 19.9 Å². The second-order valence-electron chi connectivity index (χ2n) is 3.91. The van der Waals surface area contributed by atoms with Crippen molar-refractivity contribution in [1.29, 1.82) is 0 Å². The molecule has 0 aromatic carbocycles. The Kier molecular flexibility index (Phi) is 3.72. The van der Waals surface area contributed by atoms with Gasteiger partial charge in [-0.2, -0.15) is 4.39 Å². The van der Waals surface area contributed by atoms with Crippen LogP contribution in [0.25, 0.3) is 0 Å². The van der Waals surface area contributed by atoms with Crippen molar-refractivity contribution in [1.82, 2.24) is 9.55 Å². The summed E-state index contributed by atoms with van der Waals surface area (Å²) in [6.45, 7) is 2.84. The van der Waals surface area contributed by atoms with Gasteiger partial charge in [0.1, 0.15) is 5.69 Å². The molecule has 94 valence electrons. The number of nitrogens with zero attached hydrogens (tertiary/aromatic N) is 2. The first-order valence-electron chi connectivity index (χ1n) is 5.78. The van der Waals surface area contributed by atoms with Gasteiger partial charge in [0.2, 0.25) is 5.95 Å². The van der Waals surface area contributed by atoms with Crippen LogP contribution in [-0.4, -0.2) is 15.5 Å². The number of carbonyl (C=O) groups excluding carboxylic acids is 1. The fourth-order valence-corrected chi connectivity index (χ4v) is 1.70. The molecule has 2 heterocycles. The van der Waals surface area contributed by atoms with Crippen molar-refractivity contribution in [3.05, 3.63) is 48.3 Å². The lowest BCUT2D eigenvalue weighted by Gasteiger charge is -2.08. The van der Waals surface area contributed by atoms with E-state index in [1.165, 1.54) is 18.3 Å². The fraction of sp³-hybridized carbons (Fsp3) is 0.231. The van der Waals surface area contributed by atoms with E-state index in [1.54, 1.807) is 6.07 Å². The number of aryl methyl sites for hydroxylation is 1. The highest BCUT2D eigenvalue weighted by Crippen LogP contribution is 2.10. The van der Waals surface area contributed by atoms with E-state index in [0.29, 0.717) is 11.4 Å². The molecule has 0 radical (unpaired) electrons. The maximum atomic E-state index is 12.6. The third-order valence-electron chi connectivity index (χ3n) is 2.51. The largest absolute Gasteiger partial charge is 0.344 e. The lowest BCUT2D eigenvalue weighted by molar-refractivity contribution is 0.101. The van der Waals surface area contributed by atoms with E-state index in [2.05, 4.69) is 10.3 Å². The van der Waals surface area contributed by atoms with Crippen molar-refractivity contribution in [2.24, 2.45) is 0 Å². The zero-order chi connectivity index (χ0) is 13.0. The van der Waals surface area contributed by atoms with Crippen molar-refractivity contribution in [2.75, 3.05) is 5.32 Å². The van der Waals surface area contributed by atoms with Crippen LogP contribution in [0.15, 0.2) is 36.7 Å². The Bertz CT molecular complexity index is 533. The molecule has 1 N–H and O–H groups in total. The SMILES string of the molecule is CCCn1cccc1C(=O)Nc1ccc(F)nc1. The molecule has 5 heteroatoms. The molecule has 0 saturated carbocycles. The third kappa shape index (κ3) is 2.74. The second kappa shape index (κ2) is 5.44. The molecule has 0 atom stereocenters. The molecule has 1 amide bonds. The van der Waals surface area contributed by atoms with Gasteiger partial charge in [-0.05, 0) is 30.7 Å². The lowest BCUT2D eigenvalue weighted by atomic mass is 10.3. The summed E-state index contributed by atoms with van der Waals surface area (Å²) in [5.41, 5.74) is 1.06. The molecule has 2 rings (SSSR count).